The van der Waals surface area contributed by atoms with Crippen LogP contribution in [-0.4, -0.2) is 17.1 Å². The first-order valence-corrected chi connectivity index (χ1v) is 7.80. The van der Waals surface area contributed by atoms with E-state index in [-0.39, 0.29) is 5.91 Å². The first kappa shape index (κ1) is 16.2. The van der Waals surface area contributed by atoms with Gasteiger partial charge < -0.3 is 4.42 Å². The summed E-state index contributed by atoms with van der Waals surface area (Å²) in [5.41, 5.74) is 5.48. The predicted octanol–water partition coefficient (Wildman–Crippen LogP) is 4.17. The summed E-state index contributed by atoms with van der Waals surface area (Å²) in [6, 6.07) is 9.46. The molecule has 5 nitrogen and oxygen atoms in total. The minimum absolute atomic E-state index is 0.332. The summed E-state index contributed by atoms with van der Waals surface area (Å²) in [6.45, 7) is 5.50. The molecule has 0 aliphatic carbocycles. The Labute approximate surface area is 144 Å². The summed E-state index contributed by atoms with van der Waals surface area (Å²) < 4.78 is 5.33. The molecule has 122 valence electrons. The molecule has 0 bridgehead atoms. The number of benzene rings is 1. The molecule has 0 fully saturated rings. The van der Waals surface area contributed by atoms with E-state index < -0.39 is 0 Å². The Balaban J connectivity index is 1.82. The second kappa shape index (κ2) is 6.45. The van der Waals surface area contributed by atoms with Crippen molar-refractivity contribution in [2.24, 2.45) is 5.10 Å². The molecule has 2 aromatic heterocycles. The number of carbonyl (C=O) groups is 1. The molecule has 24 heavy (non-hydrogen) atoms. The Morgan fingerprint density at radius 1 is 1.29 bits per heavy atom. The van der Waals surface area contributed by atoms with Gasteiger partial charge in [-0.1, -0.05) is 29.8 Å². The summed E-state index contributed by atoms with van der Waals surface area (Å²) in [6.07, 6.45) is 1.48. The number of nitrogens with one attached hydrogen (secondary N) is 1. The fourth-order valence-electron chi connectivity index (χ4n) is 2.51. The average molecular weight is 342 g/mol. The van der Waals surface area contributed by atoms with Gasteiger partial charge >= 0.3 is 0 Å². The average Bonchev–Trinajstić information content (AvgIpc) is 2.87. The number of aryl methyl sites for hydroxylation is 3. The van der Waals surface area contributed by atoms with Crippen LogP contribution in [0.4, 0.5) is 0 Å². The number of para-hydroxylation sites is 1. The SMILES string of the molecule is Cc1cc(C(=O)N/N=C\c2cc3cccc(C)c3nc2Cl)c(C)o1. The zero-order chi connectivity index (χ0) is 17.3. The molecule has 0 radical (unpaired) electrons. The quantitative estimate of drug-likeness (QED) is 0.441. The van der Waals surface area contributed by atoms with Crippen molar-refractivity contribution in [3.63, 3.8) is 0 Å². The summed E-state index contributed by atoms with van der Waals surface area (Å²) in [4.78, 5) is 16.5. The number of halogens is 1. The van der Waals surface area contributed by atoms with Crippen LogP contribution < -0.4 is 5.43 Å². The van der Waals surface area contributed by atoms with Crippen molar-refractivity contribution in [2.45, 2.75) is 20.8 Å². The molecule has 0 saturated carbocycles. The van der Waals surface area contributed by atoms with Gasteiger partial charge in [-0.2, -0.15) is 5.10 Å². The third-order valence-corrected chi connectivity index (χ3v) is 3.99. The lowest BCUT2D eigenvalue weighted by atomic mass is 10.1. The van der Waals surface area contributed by atoms with E-state index in [0.717, 1.165) is 16.5 Å². The highest BCUT2D eigenvalue weighted by molar-refractivity contribution is 6.32. The summed E-state index contributed by atoms with van der Waals surface area (Å²) in [5.74, 6) is 0.904. The third kappa shape index (κ3) is 3.16. The van der Waals surface area contributed by atoms with Gasteiger partial charge in [-0.05, 0) is 38.5 Å². The molecular weight excluding hydrogens is 326 g/mol. The normalized spacial score (nSPS) is 11.3. The predicted molar refractivity (Wildman–Crippen MR) is 94.7 cm³/mol. The van der Waals surface area contributed by atoms with Gasteiger partial charge in [0.25, 0.3) is 5.91 Å². The molecule has 2 heterocycles. The second-order valence-corrected chi connectivity index (χ2v) is 5.90. The van der Waals surface area contributed by atoms with E-state index in [1.807, 2.05) is 31.2 Å². The number of aromatic nitrogens is 1. The highest BCUT2D eigenvalue weighted by Crippen LogP contribution is 2.21. The van der Waals surface area contributed by atoms with E-state index in [0.29, 0.717) is 27.8 Å². The zero-order valence-electron chi connectivity index (χ0n) is 13.6. The molecule has 1 amide bonds. The number of hydrogen-bond donors (Lipinski definition) is 1. The van der Waals surface area contributed by atoms with Crippen molar-refractivity contribution in [2.75, 3.05) is 0 Å². The molecule has 3 rings (SSSR count). The second-order valence-electron chi connectivity index (χ2n) is 5.54. The topological polar surface area (TPSA) is 67.5 Å². The molecule has 0 aliphatic rings. The van der Waals surface area contributed by atoms with E-state index in [9.17, 15) is 4.79 Å². The molecule has 1 aromatic carbocycles. The number of carbonyl (C=O) groups excluding carboxylic acids is 1. The van der Waals surface area contributed by atoms with Crippen molar-refractivity contribution in [3.05, 3.63) is 63.7 Å². The van der Waals surface area contributed by atoms with Gasteiger partial charge in [0, 0.05) is 10.9 Å². The standard InChI is InChI=1S/C18H16ClN3O2/c1-10-5-4-6-13-8-14(17(19)21-16(10)13)9-20-22-18(23)15-7-11(2)24-12(15)3/h4-9H,1-3H3,(H,22,23)/b20-9-. The van der Waals surface area contributed by atoms with Gasteiger partial charge in [-0.3, -0.25) is 4.79 Å². The van der Waals surface area contributed by atoms with Gasteiger partial charge in [0.1, 0.15) is 16.7 Å². The number of furan rings is 1. The van der Waals surface area contributed by atoms with Crippen LogP contribution >= 0.6 is 11.6 Å². The minimum Gasteiger partial charge on any atom is -0.466 e. The van der Waals surface area contributed by atoms with E-state index in [4.69, 9.17) is 16.0 Å². The van der Waals surface area contributed by atoms with E-state index in [2.05, 4.69) is 15.5 Å². The van der Waals surface area contributed by atoms with Gasteiger partial charge in [0.15, 0.2) is 0 Å². The first-order chi connectivity index (χ1) is 11.5. The van der Waals surface area contributed by atoms with Crippen molar-refractivity contribution < 1.29 is 9.21 Å². The lowest BCUT2D eigenvalue weighted by Gasteiger charge is -2.04. The third-order valence-electron chi connectivity index (χ3n) is 3.68. The molecule has 0 aliphatic heterocycles. The fraction of sp³-hybridized carbons (Fsp3) is 0.167. The molecule has 0 saturated heterocycles. The Hall–Kier alpha value is -2.66. The number of fused-ring (bicyclic) bond motifs is 1. The maximum absolute atomic E-state index is 12.1. The van der Waals surface area contributed by atoms with Crippen LogP contribution in [0, 0.1) is 20.8 Å². The molecule has 0 spiro atoms. The Kier molecular flexibility index (Phi) is 4.36. The van der Waals surface area contributed by atoms with Crippen LogP contribution in [0.3, 0.4) is 0 Å². The maximum atomic E-state index is 12.1. The smallest absolute Gasteiger partial charge is 0.274 e. The molecule has 6 heteroatoms. The lowest BCUT2D eigenvalue weighted by molar-refractivity contribution is 0.0953. The number of rotatable bonds is 3. The number of pyridine rings is 1. The van der Waals surface area contributed by atoms with Gasteiger partial charge in [0.05, 0.1) is 17.3 Å². The highest BCUT2D eigenvalue weighted by Gasteiger charge is 2.12. The monoisotopic (exact) mass is 341 g/mol. The van der Waals surface area contributed by atoms with Crippen LogP contribution in [0.5, 0.6) is 0 Å². The molecule has 3 aromatic rings. The van der Waals surface area contributed by atoms with Gasteiger partial charge in [0.2, 0.25) is 0 Å². The zero-order valence-corrected chi connectivity index (χ0v) is 14.3. The largest absolute Gasteiger partial charge is 0.466 e. The molecular formula is C18H16ClN3O2. The highest BCUT2D eigenvalue weighted by atomic mass is 35.5. The number of amides is 1. The maximum Gasteiger partial charge on any atom is 0.274 e. The van der Waals surface area contributed by atoms with E-state index in [1.165, 1.54) is 6.21 Å². The van der Waals surface area contributed by atoms with Crippen LogP contribution in [0.15, 0.2) is 39.9 Å². The Bertz CT molecular complexity index is 960. The Morgan fingerprint density at radius 2 is 2.08 bits per heavy atom. The molecule has 0 unspecified atom stereocenters. The number of hydrazone groups is 1. The first-order valence-electron chi connectivity index (χ1n) is 7.42. The summed E-state index contributed by atoms with van der Waals surface area (Å²) in [5, 5.41) is 5.27. The summed E-state index contributed by atoms with van der Waals surface area (Å²) >= 11 is 6.21. The number of nitrogens with zero attached hydrogens (tertiary/aromatic N) is 2. The summed E-state index contributed by atoms with van der Waals surface area (Å²) in [7, 11) is 0. The van der Waals surface area contributed by atoms with Crippen LogP contribution in [0.25, 0.3) is 10.9 Å². The van der Waals surface area contributed by atoms with Crippen LogP contribution in [0.1, 0.15) is 33.0 Å². The Morgan fingerprint density at radius 3 is 2.79 bits per heavy atom. The van der Waals surface area contributed by atoms with Crippen molar-refractivity contribution in [3.8, 4) is 0 Å². The number of hydrogen-bond acceptors (Lipinski definition) is 4. The van der Waals surface area contributed by atoms with Crippen LogP contribution in [0.2, 0.25) is 5.15 Å². The van der Waals surface area contributed by atoms with Crippen molar-refractivity contribution in [1.29, 1.82) is 0 Å². The van der Waals surface area contributed by atoms with Crippen LogP contribution in [-0.2, 0) is 0 Å². The van der Waals surface area contributed by atoms with E-state index in [1.54, 1.807) is 19.9 Å². The minimum atomic E-state index is -0.332. The lowest BCUT2D eigenvalue weighted by Crippen LogP contribution is -2.17. The van der Waals surface area contributed by atoms with Crippen molar-refractivity contribution in [1.82, 2.24) is 10.4 Å². The van der Waals surface area contributed by atoms with Gasteiger partial charge in [-0.15, -0.1) is 0 Å². The van der Waals surface area contributed by atoms with Crippen molar-refractivity contribution >= 4 is 34.6 Å². The van der Waals surface area contributed by atoms with Gasteiger partial charge in [-0.25, -0.2) is 10.4 Å². The fourth-order valence-corrected chi connectivity index (χ4v) is 2.70. The van der Waals surface area contributed by atoms with E-state index >= 15 is 0 Å². The molecule has 1 N–H and O–H groups in total. The molecule has 0 atom stereocenters.